The fraction of sp³-hybridized carbons (Fsp3) is 0.0833. The Hall–Kier alpha value is -0.960. The van der Waals surface area contributed by atoms with E-state index in [2.05, 4.69) is 4.98 Å². The van der Waals surface area contributed by atoms with Crippen LogP contribution < -0.4 is 4.74 Å². The van der Waals surface area contributed by atoms with E-state index in [1.807, 2.05) is 12.1 Å². The van der Waals surface area contributed by atoms with Crippen LogP contribution in [0, 0.1) is 0 Å². The first kappa shape index (κ1) is 12.5. The largest absolute Gasteiger partial charge is 0.454 e. The first-order valence-corrected chi connectivity index (χ1v) is 6.11. The van der Waals surface area contributed by atoms with Crippen LogP contribution in [0.15, 0.2) is 36.7 Å². The molecule has 0 unspecified atom stereocenters. The summed E-state index contributed by atoms with van der Waals surface area (Å²) in [6.07, 6.45) is 3.09. The van der Waals surface area contributed by atoms with Gasteiger partial charge in [0, 0.05) is 17.8 Å². The van der Waals surface area contributed by atoms with E-state index in [-0.39, 0.29) is 0 Å². The highest BCUT2D eigenvalue weighted by molar-refractivity contribution is 6.32. The van der Waals surface area contributed by atoms with E-state index in [0.717, 1.165) is 5.56 Å². The average molecular weight is 289 g/mol. The average Bonchev–Trinajstić information content (AvgIpc) is 2.32. The number of ether oxygens (including phenoxy) is 1. The van der Waals surface area contributed by atoms with Crippen molar-refractivity contribution in [3.8, 4) is 11.5 Å². The van der Waals surface area contributed by atoms with Crippen LogP contribution >= 0.6 is 34.8 Å². The molecule has 5 heteroatoms. The second-order valence-corrected chi connectivity index (χ2v) is 4.41. The minimum Gasteiger partial charge on any atom is -0.454 e. The fourth-order valence-corrected chi connectivity index (χ4v) is 1.95. The summed E-state index contributed by atoms with van der Waals surface area (Å²) < 4.78 is 5.65. The van der Waals surface area contributed by atoms with Crippen LogP contribution in [0.5, 0.6) is 11.5 Å². The lowest BCUT2D eigenvalue weighted by Crippen LogP contribution is -1.91. The van der Waals surface area contributed by atoms with Gasteiger partial charge in [0.15, 0.2) is 0 Å². The maximum Gasteiger partial charge on any atom is 0.150 e. The van der Waals surface area contributed by atoms with Gasteiger partial charge >= 0.3 is 0 Å². The Balaban J connectivity index is 2.35. The molecule has 17 heavy (non-hydrogen) atoms. The van der Waals surface area contributed by atoms with Gasteiger partial charge in [-0.15, -0.1) is 11.6 Å². The van der Waals surface area contributed by atoms with E-state index in [4.69, 9.17) is 39.5 Å². The van der Waals surface area contributed by atoms with Crippen molar-refractivity contribution in [2.45, 2.75) is 5.88 Å². The molecule has 0 atom stereocenters. The maximum absolute atomic E-state index is 6.06. The van der Waals surface area contributed by atoms with Gasteiger partial charge in [-0.1, -0.05) is 35.3 Å². The molecule has 0 aliphatic carbocycles. The molecule has 2 nitrogen and oxygen atoms in total. The van der Waals surface area contributed by atoms with Crippen molar-refractivity contribution >= 4 is 34.8 Å². The molecule has 0 saturated heterocycles. The van der Waals surface area contributed by atoms with Gasteiger partial charge in [-0.05, 0) is 6.07 Å². The van der Waals surface area contributed by atoms with Gasteiger partial charge in [-0.2, -0.15) is 0 Å². The standard InChI is InChI=1S/C12H8Cl3NO/c13-5-8-2-1-3-11(15)12(8)17-10-4-9(14)6-16-7-10/h1-4,6-7H,5H2. The van der Waals surface area contributed by atoms with Gasteiger partial charge in [-0.25, -0.2) is 0 Å². The third kappa shape index (κ3) is 3.03. The predicted molar refractivity (Wildman–Crippen MR) is 70.3 cm³/mol. The van der Waals surface area contributed by atoms with Crippen LogP contribution in [0.2, 0.25) is 10.0 Å². The number of pyridine rings is 1. The lowest BCUT2D eigenvalue weighted by Gasteiger charge is -2.10. The highest BCUT2D eigenvalue weighted by atomic mass is 35.5. The molecule has 1 aromatic carbocycles. The van der Waals surface area contributed by atoms with Crippen molar-refractivity contribution in [3.63, 3.8) is 0 Å². The van der Waals surface area contributed by atoms with Gasteiger partial charge < -0.3 is 4.74 Å². The molecule has 0 N–H and O–H groups in total. The van der Waals surface area contributed by atoms with Gasteiger partial charge in [0.1, 0.15) is 11.5 Å². The van der Waals surface area contributed by atoms with E-state index in [1.165, 1.54) is 6.20 Å². The zero-order valence-corrected chi connectivity index (χ0v) is 10.9. The number of alkyl halides is 1. The molecule has 0 aliphatic rings. The molecular formula is C12H8Cl3NO. The normalized spacial score (nSPS) is 10.3. The van der Waals surface area contributed by atoms with Crippen LogP contribution in [-0.2, 0) is 5.88 Å². The highest BCUT2D eigenvalue weighted by Gasteiger charge is 2.09. The third-order valence-corrected chi connectivity index (χ3v) is 2.88. The van der Waals surface area contributed by atoms with Crippen molar-refractivity contribution in [1.29, 1.82) is 0 Å². The number of para-hydroxylation sites is 1. The summed E-state index contributed by atoms with van der Waals surface area (Å²) in [7, 11) is 0. The zero-order valence-electron chi connectivity index (χ0n) is 8.66. The van der Waals surface area contributed by atoms with Crippen LogP contribution in [0.1, 0.15) is 5.56 Å². The second-order valence-electron chi connectivity index (χ2n) is 3.30. The Morgan fingerprint density at radius 3 is 2.71 bits per heavy atom. The van der Waals surface area contributed by atoms with Crippen LogP contribution in [0.4, 0.5) is 0 Å². The molecule has 0 amide bonds. The maximum atomic E-state index is 6.06. The Kier molecular flexibility index (Phi) is 4.11. The first-order chi connectivity index (χ1) is 8.20. The lowest BCUT2D eigenvalue weighted by molar-refractivity contribution is 0.476. The summed E-state index contributed by atoms with van der Waals surface area (Å²) in [6.45, 7) is 0. The van der Waals surface area contributed by atoms with E-state index in [0.29, 0.717) is 27.4 Å². The third-order valence-electron chi connectivity index (χ3n) is 2.09. The molecule has 2 aromatic rings. The van der Waals surface area contributed by atoms with Crippen LogP contribution in [0.25, 0.3) is 0 Å². The summed E-state index contributed by atoms with van der Waals surface area (Å²) in [4.78, 5) is 3.93. The van der Waals surface area contributed by atoms with E-state index in [1.54, 1.807) is 18.3 Å². The Morgan fingerprint density at radius 1 is 1.18 bits per heavy atom. The number of hydrogen-bond acceptors (Lipinski definition) is 2. The van der Waals surface area contributed by atoms with Crippen molar-refractivity contribution in [2.75, 3.05) is 0 Å². The summed E-state index contributed by atoms with van der Waals surface area (Å²) >= 11 is 17.7. The number of rotatable bonds is 3. The molecule has 0 spiro atoms. The fourth-order valence-electron chi connectivity index (χ4n) is 1.34. The van der Waals surface area contributed by atoms with E-state index >= 15 is 0 Å². The monoisotopic (exact) mass is 287 g/mol. The molecule has 88 valence electrons. The molecule has 2 rings (SSSR count). The highest BCUT2D eigenvalue weighted by Crippen LogP contribution is 2.34. The van der Waals surface area contributed by atoms with Crippen molar-refractivity contribution < 1.29 is 4.74 Å². The predicted octanol–water partition coefficient (Wildman–Crippen LogP) is 4.92. The molecule has 1 heterocycles. The Labute approximate surface area is 114 Å². The minimum absolute atomic E-state index is 0.323. The smallest absolute Gasteiger partial charge is 0.150 e. The number of aromatic nitrogens is 1. The lowest BCUT2D eigenvalue weighted by atomic mass is 10.2. The SMILES string of the molecule is ClCc1cccc(Cl)c1Oc1cncc(Cl)c1. The molecule has 0 radical (unpaired) electrons. The van der Waals surface area contributed by atoms with Crippen LogP contribution in [-0.4, -0.2) is 4.98 Å². The summed E-state index contributed by atoms with van der Waals surface area (Å²) in [5.41, 5.74) is 0.819. The number of hydrogen-bond donors (Lipinski definition) is 0. The molecular weight excluding hydrogens is 280 g/mol. The minimum atomic E-state index is 0.323. The van der Waals surface area contributed by atoms with Crippen molar-refractivity contribution in [2.24, 2.45) is 0 Å². The van der Waals surface area contributed by atoms with Crippen molar-refractivity contribution in [3.05, 3.63) is 52.3 Å². The Bertz CT molecular complexity index is 531. The summed E-state index contributed by atoms with van der Waals surface area (Å²) in [5, 5.41) is 1.00. The van der Waals surface area contributed by atoms with E-state index in [9.17, 15) is 0 Å². The molecule has 0 bridgehead atoms. The molecule has 0 aliphatic heterocycles. The number of halogens is 3. The number of benzene rings is 1. The molecule has 1 aromatic heterocycles. The first-order valence-electron chi connectivity index (χ1n) is 4.82. The molecule has 0 saturated carbocycles. The summed E-state index contributed by atoms with van der Waals surface area (Å²) in [6, 6.07) is 7.08. The van der Waals surface area contributed by atoms with Gasteiger partial charge in [0.05, 0.1) is 22.1 Å². The Morgan fingerprint density at radius 2 is 2.00 bits per heavy atom. The van der Waals surface area contributed by atoms with Gasteiger partial charge in [-0.3, -0.25) is 4.98 Å². The van der Waals surface area contributed by atoms with Gasteiger partial charge in [0.25, 0.3) is 0 Å². The molecule has 0 fully saturated rings. The van der Waals surface area contributed by atoms with Gasteiger partial charge in [0.2, 0.25) is 0 Å². The number of nitrogens with zero attached hydrogens (tertiary/aromatic N) is 1. The van der Waals surface area contributed by atoms with E-state index < -0.39 is 0 Å². The topological polar surface area (TPSA) is 22.1 Å². The zero-order chi connectivity index (χ0) is 12.3. The van der Waals surface area contributed by atoms with Crippen LogP contribution in [0.3, 0.4) is 0 Å². The summed E-state index contributed by atoms with van der Waals surface area (Å²) in [5.74, 6) is 1.38. The second kappa shape index (κ2) is 5.58. The quantitative estimate of drug-likeness (QED) is 0.748. The van der Waals surface area contributed by atoms with Crippen molar-refractivity contribution in [1.82, 2.24) is 4.98 Å².